The first kappa shape index (κ1) is 10.9. The molecule has 2 atom stereocenters. The van der Waals surface area contributed by atoms with Crippen molar-refractivity contribution in [2.24, 2.45) is 5.92 Å². The van der Waals surface area contributed by atoms with Gasteiger partial charge in [-0.05, 0) is 30.3 Å². The number of carbonyl (C=O) groups excluding carboxylic acids is 1. The van der Waals surface area contributed by atoms with Gasteiger partial charge in [-0.25, -0.2) is 0 Å². The molecule has 0 radical (unpaired) electrons. The van der Waals surface area contributed by atoms with Crippen molar-refractivity contribution in [3.63, 3.8) is 0 Å². The third kappa shape index (κ3) is 3.56. The zero-order chi connectivity index (χ0) is 9.68. The monoisotopic (exact) mass is 204 g/mol. The molecule has 0 aromatic carbocycles. The molecule has 76 valence electrons. The minimum atomic E-state index is -0.325. The molecule has 0 amide bonds. The maximum absolute atomic E-state index is 11.0. The quantitative estimate of drug-likeness (QED) is 0.683. The first-order valence-corrected chi connectivity index (χ1v) is 5.72. The molecule has 0 aromatic rings. The lowest BCUT2D eigenvalue weighted by Crippen LogP contribution is -2.23. The number of thioether (sulfide) groups is 1. The summed E-state index contributed by atoms with van der Waals surface area (Å²) in [6.45, 7) is 0. The van der Waals surface area contributed by atoms with Gasteiger partial charge in [-0.1, -0.05) is 0 Å². The van der Waals surface area contributed by atoms with Crippen LogP contribution in [0.1, 0.15) is 19.3 Å². The number of esters is 1. The van der Waals surface area contributed by atoms with Crippen molar-refractivity contribution < 1.29 is 14.6 Å². The minimum Gasteiger partial charge on any atom is -0.469 e. The predicted octanol–water partition coefficient (Wildman–Crippen LogP) is 1.05. The molecule has 13 heavy (non-hydrogen) atoms. The number of aliphatic hydroxyl groups excluding tert-OH is 1. The number of methoxy groups -OCH3 is 1. The Kier molecular flexibility index (Phi) is 4.59. The average Bonchev–Trinajstić information content (AvgIpc) is 2.32. The molecule has 1 rings (SSSR count). The van der Waals surface area contributed by atoms with Gasteiger partial charge >= 0.3 is 5.97 Å². The first-order valence-electron chi connectivity index (χ1n) is 4.56. The van der Waals surface area contributed by atoms with Gasteiger partial charge in [0.05, 0.1) is 19.6 Å². The summed E-state index contributed by atoms with van der Waals surface area (Å²) in [5, 5.41) is 9.67. The molecule has 1 saturated heterocycles. The highest BCUT2D eigenvalue weighted by Crippen LogP contribution is 2.25. The van der Waals surface area contributed by atoms with Gasteiger partial charge < -0.3 is 9.84 Å². The van der Waals surface area contributed by atoms with Crippen LogP contribution < -0.4 is 0 Å². The van der Waals surface area contributed by atoms with E-state index in [0.717, 1.165) is 24.3 Å². The van der Waals surface area contributed by atoms with E-state index in [9.17, 15) is 9.90 Å². The van der Waals surface area contributed by atoms with E-state index in [1.807, 2.05) is 11.8 Å². The van der Waals surface area contributed by atoms with Crippen molar-refractivity contribution in [3.8, 4) is 0 Å². The van der Waals surface area contributed by atoms with E-state index in [-0.39, 0.29) is 18.0 Å². The molecule has 1 aliphatic heterocycles. The SMILES string of the molecule is COC(=O)C[C@H]1CCSCC[C@@H]1O. The molecule has 0 saturated carbocycles. The van der Waals surface area contributed by atoms with Gasteiger partial charge in [-0.15, -0.1) is 0 Å². The number of aliphatic hydroxyl groups is 1. The fourth-order valence-corrected chi connectivity index (χ4v) is 2.59. The molecule has 0 aromatic heterocycles. The topological polar surface area (TPSA) is 46.5 Å². The fraction of sp³-hybridized carbons (Fsp3) is 0.889. The Hall–Kier alpha value is -0.220. The van der Waals surface area contributed by atoms with Crippen LogP contribution in [-0.4, -0.2) is 35.8 Å². The van der Waals surface area contributed by atoms with Crippen molar-refractivity contribution in [3.05, 3.63) is 0 Å². The fourth-order valence-electron chi connectivity index (χ4n) is 1.50. The molecule has 1 aliphatic rings. The van der Waals surface area contributed by atoms with Crippen LogP contribution in [0.15, 0.2) is 0 Å². The molecule has 0 bridgehead atoms. The maximum Gasteiger partial charge on any atom is 0.305 e. The first-order chi connectivity index (χ1) is 6.24. The Morgan fingerprint density at radius 1 is 1.54 bits per heavy atom. The van der Waals surface area contributed by atoms with Crippen LogP contribution in [0.2, 0.25) is 0 Å². The van der Waals surface area contributed by atoms with E-state index in [0.29, 0.717) is 6.42 Å². The highest BCUT2D eigenvalue weighted by molar-refractivity contribution is 7.99. The second-order valence-corrected chi connectivity index (χ2v) is 4.52. The molecule has 0 unspecified atom stereocenters. The Bertz CT molecular complexity index is 172. The lowest BCUT2D eigenvalue weighted by molar-refractivity contribution is -0.142. The summed E-state index contributed by atoms with van der Waals surface area (Å²) in [6, 6.07) is 0. The van der Waals surface area contributed by atoms with Gasteiger partial charge in [0.1, 0.15) is 0 Å². The molecule has 3 nitrogen and oxygen atoms in total. The Labute approximate surface area is 82.8 Å². The van der Waals surface area contributed by atoms with Crippen LogP contribution in [0.5, 0.6) is 0 Å². The number of hydrogen-bond donors (Lipinski definition) is 1. The van der Waals surface area contributed by atoms with E-state index in [4.69, 9.17) is 0 Å². The Balaban J connectivity index is 2.40. The summed E-state index contributed by atoms with van der Waals surface area (Å²) in [5.74, 6) is 1.93. The summed E-state index contributed by atoms with van der Waals surface area (Å²) >= 11 is 1.85. The van der Waals surface area contributed by atoms with Crippen LogP contribution in [0.3, 0.4) is 0 Å². The summed E-state index contributed by atoms with van der Waals surface area (Å²) < 4.78 is 4.59. The molecule has 1 heterocycles. The minimum absolute atomic E-state index is 0.0995. The molecule has 1 N–H and O–H groups in total. The van der Waals surface area contributed by atoms with Crippen LogP contribution in [0.4, 0.5) is 0 Å². The lowest BCUT2D eigenvalue weighted by atomic mass is 9.94. The van der Waals surface area contributed by atoms with Gasteiger partial charge in [0, 0.05) is 0 Å². The molecule has 0 aliphatic carbocycles. The lowest BCUT2D eigenvalue weighted by Gasteiger charge is -2.18. The van der Waals surface area contributed by atoms with Gasteiger partial charge in [-0.2, -0.15) is 11.8 Å². The van der Waals surface area contributed by atoms with Crippen molar-refractivity contribution in [1.82, 2.24) is 0 Å². The van der Waals surface area contributed by atoms with Gasteiger partial charge in [0.15, 0.2) is 0 Å². The summed E-state index contributed by atoms with van der Waals surface area (Å²) in [5.41, 5.74) is 0. The van der Waals surface area contributed by atoms with Crippen LogP contribution in [0.25, 0.3) is 0 Å². The Morgan fingerprint density at radius 2 is 2.23 bits per heavy atom. The van der Waals surface area contributed by atoms with E-state index >= 15 is 0 Å². The maximum atomic E-state index is 11.0. The van der Waals surface area contributed by atoms with Crippen molar-refractivity contribution >= 4 is 17.7 Å². The third-order valence-corrected chi connectivity index (χ3v) is 3.44. The standard InChI is InChI=1S/C9H16O3S/c1-12-9(11)6-7-2-4-13-5-3-8(7)10/h7-8,10H,2-6H2,1H3/t7-,8+/m1/s1. The van der Waals surface area contributed by atoms with Crippen molar-refractivity contribution in [2.75, 3.05) is 18.6 Å². The van der Waals surface area contributed by atoms with Gasteiger partial charge in [0.2, 0.25) is 0 Å². The molecule has 0 spiro atoms. The van der Waals surface area contributed by atoms with Gasteiger partial charge in [0.25, 0.3) is 0 Å². The number of carbonyl (C=O) groups is 1. The van der Waals surface area contributed by atoms with E-state index < -0.39 is 0 Å². The molecule has 4 heteroatoms. The molecule has 1 fully saturated rings. The third-order valence-electron chi connectivity index (χ3n) is 2.39. The van der Waals surface area contributed by atoms with Crippen LogP contribution >= 0.6 is 11.8 Å². The van der Waals surface area contributed by atoms with Crippen LogP contribution in [0, 0.1) is 5.92 Å². The summed E-state index contributed by atoms with van der Waals surface area (Å²) in [4.78, 5) is 11.0. The number of hydrogen-bond acceptors (Lipinski definition) is 4. The largest absolute Gasteiger partial charge is 0.469 e. The van der Waals surface area contributed by atoms with E-state index in [1.54, 1.807) is 0 Å². The highest BCUT2D eigenvalue weighted by atomic mass is 32.2. The van der Waals surface area contributed by atoms with Gasteiger partial charge in [-0.3, -0.25) is 4.79 Å². The normalized spacial score (nSPS) is 29.4. The van der Waals surface area contributed by atoms with E-state index in [1.165, 1.54) is 7.11 Å². The van der Waals surface area contributed by atoms with Crippen LogP contribution in [-0.2, 0) is 9.53 Å². The highest BCUT2D eigenvalue weighted by Gasteiger charge is 2.24. The average molecular weight is 204 g/mol. The zero-order valence-corrected chi connectivity index (χ0v) is 8.68. The second-order valence-electron chi connectivity index (χ2n) is 3.30. The van der Waals surface area contributed by atoms with E-state index in [2.05, 4.69) is 4.74 Å². The van der Waals surface area contributed by atoms with Crippen molar-refractivity contribution in [1.29, 1.82) is 0 Å². The summed E-state index contributed by atoms with van der Waals surface area (Å²) in [7, 11) is 1.39. The number of rotatable bonds is 2. The second kappa shape index (κ2) is 5.50. The molecular weight excluding hydrogens is 188 g/mol. The summed E-state index contributed by atoms with van der Waals surface area (Å²) in [6.07, 6.45) is 1.75. The number of ether oxygens (including phenoxy) is 1. The molecular formula is C9H16O3S. The smallest absolute Gasteiger partial charge is 0.305 e. The van der Waals surface area contributed by atoms with Crippen molar-refractivity contribution in [2.45, 2.75) is 25.4 Å². The Morgan fingerprint density at radius 3 is 2.92 bits per heavy atom. The predicted molar refractivity (Wildman–Crippen MR) is 52.7 cm³/mol. The zero-order valence-electron chi connectivity index (χ0n) is 7.86.